The molecule has 2 rings (SSSR count). The van der Waals surface area contributed by atoms with Gasteiger partial charge in [0.05, 0.1) is 6.04 Å². The molecule has 0 aliphatic heterocycles. The van der Waals surface area contributed by atoms with Crippen LogP contribution in [0.4, 0.5) is 11.6 Å². The highest BCUT2D eigenvalue weighted by atomic mass is 32.2. The largest absolute Gasteiger partial charge is 0.466 e. The van der Waals surface area contributed by atoms with Crippen LogP contribution in [0, 0.1) is 13.8 Å². The van der Waals surface area contributed by atoms with Crippen molar-refractivity contribution in [3.63, 3.8) is 0 Å². The highest BCUT2D eigenvalue weighted by molar-refractivity contribution is 7.98. The number of hydrogen-bond acceptors (Lipinski definition) is 6. The number of nitrogens with zero attached hydrogens (tertiary/aromatic N) is 2. The molecule has 0 saturated carbocycles. The molecule has 0 saturated heterocycles. The van der Waals surface area contributed by atoms with Gasteiger partial charge in [0, 0.05) is 11.6 Å². The van der Waals surface area contributed by atoms with E-state index in [0.29, 0.717) is 11.0 Å². The first-order valence-corrected chi connectivity index (χ1v) is 7.24. The quantitative estimate of drug-likeness (QED) is 0.661. The van der Waals surface area contributed by atoms with Gasteiger partial charge in [0.15, 0.2) is 5.16 Å². The molecule has 1 unspecified atom stereocenters. The summed E-state index contributed by atoms with van der Waals surface area (Å²) in [4.78, 5) is 8.51. The molecule has 102 valence electrons. The summed E-state index contributed by atoms with van der Waals surface area (Å²) >= 11 is 1.47. The molecular weight excluding hydrogens is 260 g/mol. The molecule has 0 aromatic carbocycles. The third kappa shape index (κ3) is 3.20. The molecule has 2 aromatic rings. The molecule has 0 radical (unpaired) electrons. The zero-order valence-corrected chi connectivity index (χ0v) is 12.3. The molecule has 0 amide bonds. The summed E-state index contributed by atoms with van der Waals surface area (Å²) < 4.78 is 5.54. The van der Waals surface area contributed by atoms with Crippen LogP contribution in [0.3, 0.4) is 0 Å². The van der Waals surface area contributed by atoms with Crippen molar-refractivity contribution in [1.82, 2.24) is 9.97 Å². The van der Waals surface area contributed by atoms with Gasteiger partial charge in [-0.25, -0.2) is 9.97 Å². The number of aromatic nitrogens is 2. The van der Waals surface area contributed by atoms with Gasteiger partial charge < -0.3 is 15.5 Å². The number of nitrogens with one attached hydrogen (secondary N) is 1. The Kier molecular flexibility index (Phi) is 3.99. The van der Waals surface area contributed by atoms with E-state index in [9.17, 15) is 0 Å². The van der Waals surface area contributed by atoms with E-state index in [1.54, 1.807) is 6.07 Å². The second kappa shape index (κ2) is 5.52. The standard InChI is InChI=1S/C13H18N4OS/c1-7-5-10(9(3)18-7)8(2)15-12-6-11(14)16-13(17-12)19-4/h5-6,8H,1-4H3,(H3,14,15,16,17). The van der Waals surface area contributed by atoms with E-state index in [4.69, 9.17) is 10.2 Å². The number of rotatable bonds is 4. The lowest BCUT2D eigenvalue weighted by Crippen LogP contribution is -2.09. The topological polar surface area (TPSA) is 77.0 Å². The number of nitrogens with two attached hydrogens (primary N) is 1. The van der Waals surface area contributed by atoms with E-state index < -0.39 is 0 Å². The van der Waals surface area contributed by atoms with Gasteiger partial charge in [-0.15, -0.1) is 0 Å². The Hall–Kier alpha value is -1.69. The van der Waals surface area contributed by atoms with Crippen molar-refractivity contribution < 1.29 is 4.42 Å². The Balaban J connectivity index is 2.21. The lowest BCUT2D eigenvalue weighted by Gasteiger charge is -2.14. The summed E-state index contributed by atoms with van der Waals surface area (Å²) in [5.74, 6) is 3.02. The molecule has 0 aliphatic carbocycles. The fourth-order valence-electron chi connectivity index (χ4n) is 1.99. The van der Waals surface area contributed by atoms with Gasteiger partial charge in [0.25, 0.3) is 0 Å². The first-order chi connectivity index (χ1) is 8.99. The van der Waals surface area contributed by atoms with E-state index in [1.807, 2.05) is 26.2 Å². The first kappa shape index (κ1) is 13.7. The molecule has 0 spiro atoms. The third-order valence-corrected chi connectivity index (χ3v) is 3.37. The van der Waals surface area contributed by atoms with Crippen molar-refractivity contribution in [2.75, 3.05) is 17.3 Å². The number of nitrogen functional groups attached to an aromatic ring is 1. The molecule has 2 heterocycles. The molecule has 0 bridgehead atoms. The summed E-state index contributed by atoms with van der Waals surface area (Å²) in [6, 6.07) is 3.87. The van der Waals surface area contributed by atoms with Gasteiger partial charge in [-0.2, -0.15) is 0 Å². The fourth-order valence-corrected chi connectivity index (χ4v) is 2.37. The zero-order valence-electron chi connectivity index (χ0n) is 11.5. The van der Waals surface area contributed by atoms with Crippen LogP contribution in [0.25, 0.3) is 0 Å². The Morgan fingerprint density at radius 2 is 2.05 bits per heavy atom. The molecule has 0 fully saturated rings. The third-order valence-electron chi connectivity index (χ3n) is 2.82. The predicted octanol–water partition coefficient (Wildman–Crippen LogP) is 3.16. The summed E-state index contributed by atoms with van der Waals surface area (Å²) in [5.41, 5.74) is 6.89. The minimum atomic E-state index is 0.0986. The van der Waals surface area contributed by atoms with Crippen molar-refractivity contribution in [3.8, 4) is 0 Å². The lowest BCUT2D eigenvalue weighted by molar-refractivity contribution is 0.499. The molecule has 0 aliphatic rings. The molecule has 6 heteroatoms. The average molecular weight is 278 g/mol. The Morgan fingerprint density at radius 1 is 1.32 bits per heavy atom. The molecule has 19 heavy (non-hydrogen) atoms. The first-order valence-electron chi connectivity index (χ1n) is 6.01. The van der Waals surface area contributed by atoms with Crippen LogP contribution in [-0.4, -0.2) is 16.2 Å². The van der Waals surface area contributed by atoms with Gasteiger partial charge in [-0.3, -0.25) is 0 Å². The molecule has 1 atom stereocenters. The maximum atomic E-state index is 5.76. The van der Waals surface area contributed by atoms with E-state index in [-0.39, 0.29) is 6.04 Å². The Bertz CT molecular complexity index is 582. The predicted molar refractivity (Wildman–Crippen MR) is 78.4 cm³/mol. The number of thioether (sulfide) groups is 1. The van der Waals surface area contributed by atoms with Crippen molar-refractivity contribution >= 4 is 23.4 Å². The van der Waals surface area contributed by atoms with Gasteiger partial charge in [-0.05, 0) is 33.1 Å². The summed E-state index contributed by atoms with van der Waals surface area (Å²) in [6.45, 7) is 5.97. The number of aryl methyl sites for hydroxylation is 2. The van der Waals surface area contributed by atoms with Gasteiger partial charge >= 0.3 is 0 Å². The lowest BCUT2D eigenvalue weighted by atomic mass is 10.1. The number of anilines is 2. The highest BCUT2D eigenvalue weighted by Crippen LogP contribution is 2.25. The second-order valence-electron chi connectivity index (χ2n) is 4.40. The summed E-state index contributed by atoms with van der Waals surface area (Å²) in [5, 5.41) is 3.99. The molecule has 3 N–H and O–H groups in total. The molecule has 5 nitrogen and oxygen atoms in total. The molecule has 2 aromatic heterocycles. The maximum Gasteiger partial charge on any atom is 0.191 e. The second-order valence-corrected chi connectivity index (χ2v) is 5.17. The Morgan fingerprint density at radius 3 is 2.63 bits per heavy atom. The van der Waals surface area contributed by atoms with Crippen molar-refractivity contribution in [2.24, 2.45) is 0 Å². The van der Waals surface area contributed by atoms with Crippen LogP contribution in [0.5, 0.6) is 0 Å². The van der Waals surface area contributed by atoms with Crippen LogP contribution in [-0.2, 0) is 0 Å². The summed E-state index contributed by atoms with van der Waals surface area (Å²) in [7, 11) is 0. The van der Waals surface area contributed by atoms with Crippen LogP contribution >= 0.6 is 11.8 Å². The average Bonchev–Trinajstić information content (AvgIpc) is 2.67. The maximum absolute atomic E-state index is 5.76. The van der Waals surface area contributed by atoms with Gasteiger partial charge in [-0.1, -0.05) is 11.8 Å². The number of furan rings is 1. The normalized spacial score (nSPS) is 12.4. The number of hydrogen-bond donors (Lipinski definition) is 2. The van der Waals surface area contributed by atoms with Crippen molar-refractivity contribution in [3.05, 3.63) is 29.2 Å². The highest BCUT2D eigenvalue weighted by Gasteiger charge is 2.13. The minimum Gasteiger partial charge on any atom is -0.466 e. The monoisotopic (exact) mass is 278 g/mol. The smallest absolute Gasteiger partial charge is 0.191 e. The van der Waals surface area contributed by atoms with E-state index in [1.165, 1.54) is 11.8 Å². The fraction of sp³-hybridized carbons (Fsp3) is 0.385. The SMILES string of the molecule is CSc1nc(N)cc(NC(C)c2cc(C)oc2C)n1. The minimum absolute atomic E-state index is 0.0986. The van der Waals surface area contributed by atoms with E-state index >= 15 is 0 Å². The van der Waals surface area contributed by atoms with Crippen LogP contribution < -0.4 is 11.1 Å². The van der Waals surface area contributed by atoms with E-state index in [2.05, 4.69) is 22.2 Å². The molecular formula is C13H18N4OS. The van der Waals surface area contributed by atoms with Gasteiger partial charge in [0.1, 0.15) is 23.2 Å². The summed E-state index contributed by atoms with van der Waals surface area (Å²) in [6.07, 6.45) is 1.92. The van der Waals surface area contributed by atoms with Crippen molar-refractivity contribution in [2.45, 2.75) is 32.0 Å². The Labute approximate surface area is 117 Å². The van der Waals surface area contributed by atoms with E-state index in [0.717, 1.165) is 22.9 Å². The van der Waals surface area contributed by atoms with Crippen LogP contribution in [0.15, 0.2) is 21.7 Å². The van der Waals surface area contributed by atoms with Gasteiger partial charge in [0.2, 0.25) is 0 Å². The zero-order chi connectivity index (χ0) is 14.0. The van der Waals surface area contributed by atoms with Crippen molar-refractivity contribution in [1.29, 1.82) is 0 Å². The van der Waals surface area contributed by atoms with Crippen LogP contribution in [0.2, 0.25) is 0 Å². The van der Waals surface area contributed by atoms with Crippen LogP contribution in [0.1, 0.15) is 30.0 Å².